The van der Waals surface area contributed by atoms with Gasteiger partial charge in [-0.25, -0.2) is 4.79 Å². The standard InChI is InChI=1S/C17H27ClN2O2S/c1-17(2,3)22-16(21)20-15-8-6-4-5-7-14(15)19-10-13-9-12(18)11-23-13/h9,11,14-15,19H,4-8,10H2,1-3H3,(H,20,21). The van der Waals surface area contributed by atoms with Crippen molar-refractivity contribution in [2.75, 3.05) is 0 Å². The van der Waals surface area contributed by atoms with Gasteiger partial charge in [-0.05, 0) is 39.7 Å². The Balaban J connectivity index is 1.91. The van der Waals surface area contributed by atoms with Crippen LogP contribution in [0, 0.1) is 0 Å². The van der Waals surface area contributed by atoms with Crippen LogP contribution in [0.4, 0.5) is 4.79 Å². The fourth-order valence-electron chi connectivity index (χ4n) is 2.86. The van der Waals surface area contributed by atoms with Crippen molar-refractivity contribution in [3.8, 4) is 0 Å². The van der Waals surface area contributed by atoms with Gasteiger partial charge in [0.2, 0.25) is 0 Å². The highest BCUT2D eigenvalue weighted by Gasteiger charge is 2.27. The Hall–Kier alpha value is -0.780. The van der Waals surface area contributed by atoms with Crippen LogP contribution in [-0.2, 0) is 11.3 Å². The van der Waals surface area contributed by atoms with E-state index >= 15 is 0 Å². The second kappa shape index (κ2) is 8.36. The first-order chi connectivity index (χ1) is 10.8. The molecule has 1 saturated carbocycles. The molecule has 0 aliphatic heterocycles. The molecule has 1 heterocycles. The second-order valence-electron chi connectivity index (χ2n) is 7.11. The molecule has 0 aromatic carbocycles. The van der Waals surface area contributed by atoms with Gasteiger partial charge in [0.15, 0.2) is 0 Å². The van der Waals surface area contributed by atoms with Crippen LogP contribution in [0.15, 0.2) is 11.4 Å². The molecule has 1 amide bonds. The van der Waals surface area contributed by atoms with Crippen molar-refractivity contribution >= 4 is 29.0 Å². The average molecular weight is 359 g/mol. The minimum absolute atomic E-state index is 0.114. The number of thiophene rings is 1. The molecule has 2 rings (SSSR count). The number of carbonyl (C=O) groups excluding carboxylic acids is 1. The number of rotatable bonds is 4. The zero-order valence-electron chi connectivity index (χ0n) is 14.2. The van der Waals surface area contributed by atoms with E-state index < -0.39 is 5.60 Å². The van der Waals surface area contributed by atoms with Gasteiger partial charge in [-0.15, -0.1) is 11.3 Å². The Bertz CT molecular complexity index is 513. The molecule has 0 saturated heterocycles. The summed E-state index contributed by atoms with van der Waals surface area (Å²) in [5.41, 5.74) is -0.467. The third-order valence-corrected chi connectivity index (χ3v) is 5.16. The Morgan fingerprint density at radius 3 is 2.61 bits per heavy atom. The van der Waals surface area contributed by atoms with Gasteiger partial charge in [0.25, 0.3) is 0 Å². The molecule has 6 heteroatoms. The summed E-state index contributed by atoms with van der Waals surface area (Å²) in [7, 11) is 0. The lowest BCUT2D eigenvalue weighted by Gasteiger charge is -2.28. The zero-order chi connectivity index (χ0) is 16.9. The maximum atomic E-state index is 12.1. The van der Waals surface area contributed by atoms with Gasteiger partial charge in [0.1, 0.15) is 5.60 Å². The van der Waals surface area contributed by atoms with Crippen molar-refractivity contribution in [1.29, 1.82) is 0 Å². The van der Waals surface area contributed by atoms with Gasteiger partial charge < -0.3 is 15.4 Å². The first-order valence-electron chi connectivity index (χ1n) is 8.29. The Morgan fingerprint density at radius 1 is 1.30 bits per heavy atom. The fraction of sp³-hybridized carbons (Fsp3) is 0.706. The summed E-state index contributed by atoms with van der Waals surface area (Å²) in [5, 5.41) is 9.39. The first-order valence-corrected chi connectivity index (χ1v) is 9.55. The number of hydrogen-bond acceptors (Lipinski definition) is 4. The minimum Gasteiger partial charge on any atom is -0.444 e. The number of nitrogens with one attached hydrogen (secondary N) is 2. The van der Waals surface area contributed by atoms with E-state index in [4.69, 9.17) is 16.3 Å². The summed E-state index contributed by atoms with van der Waals surface area (Å²) >= 11 is 7.64. The maximum Gasteiger partial charge on any atom is 0.407 e. The summed E-state index contributed by atoms with van der Waals surface area (Å²) in [5.74, 6) is 0. The first kappa shape index (κ1) is 18.6. The molecule has 1 fully saturated rings. The second-order valence-corrected chi connectivity index (χ2v) is 8.54. The SMILES string of the molecule is CC(C)(C)OC(=O)NC1CCCCCC1NCc1cc(Cl)cs1. The third kappa shape index (κ3) is 6.69. The van der Waals surface area contributed by atoms with E-state index in [0.717, 1.165) is 30.8 Å². The van der Waals surface area contributed by atoms with Gasteiger partial charge in [-0.1, -0.05) is 30.9 Å². The van der Waals surface area contributed by atoms with Gasteiger partial charge >= 0.3 is 6.09 Å². The minimum atomic E-state index is -0.467. The molecule has 130 valence electrons. The number of alkyl carbamates (subject to hydrolysis) is 1. The third-order valence-electron chi connectivity index (χ3n) is 3.88. The molecule has 2 N–H and O–H groups in total. The molecule has 0 spiro atoms. The monoisotopic (exact) mass is 358 g/mol. The molecule has 23 heavy (non-hydrogen) atoms. The molecule has 0 bridgehead atoms. The molecular formula is C17H27ClN2O2S. The fourth-order valence-corrected chi connectivity index (χ4v) is 3.89. The molecule has 0 radical (unpaired) electrons. The lowest BCUT2D eigenvalue weighted by atomic mass is 10.0. The molecule has 1 aliphatic carbocycles. The van der Waals surface area contributed by atoms with E-state index in [0.29, 0.717) is 0 Å². The summed E-state index contributed by atoms with van der Waals surface area (Å²) in [6.45, 7) is 6.44. The Morgan fingerprint density at radius 2 is 2.00 bits per heavy atom. The number of hydrogen-bond donors (Lipinski definition) is 2. The van der Waals surface area contributed by atoms with E-state index in [1.165, 1.54) is 17.7 Å². The highest BCUT2D eigenvalue weighted by atomic mass is 35.5. The normalized spacial score (nSPS) is 22.4. The lowest BCUT2D eigenvalue weighted by molar-refractivity contribution is 0.0489. The topological polar surface area (TPSA) is 50.4 Å². The van der Waals surface area contributed by atoms with Crippen molar-refractivity contribution in [3.63, 3.8) is 0 Å². The number of amides is 1. The molecular weight excluding hydrogens is 332 g/mol. The lowest BCUT2D eigenvalue weighted by Crippen LogP contribution is -2.50. The Labute approximate surface area is 147 Å². The van der Waals surface area contributed by atoms with Crippen LogP contribution in [0.5, 0.6) is 0 Å². The summed E-state index contributed by atoms with van der Waals surface area (Å²) in [4.78, 5) is 13.3. The summed E-state index contributed by atoms with van der Waals surface area (Å²) in [6.07, 6.45) is 5.28. The van der Waals surface area contributed by atoms with Crippen LogP contribution in [-0.4, -0.2) is 23.8 Å². The van der Waals surface area contributed by atoms with Crippen molar-refractivity contribution in [2.45, 2.75) is 77.1 Å². The maximum absolute atomic E-state index is 12.1. The summed E-state index contributed by atoms with van der Waals surface area (Å²) in [6, 6.07) is 2.38. The van der Waals surface area contributed by atoms with E-state index in [9.17, 15) is 4.79 Å². The van der Waals surface area contributed by atoms with Crippen molar-refractivity contribution in [2.24, 2.45) is 0 Å². The van der Waals surface area contributed by atoms with E-state index in [2.05, 4.69) is 10.6 Å². The van der Waals surface area contributed by atoms with E-state index in [1.54, 1.807) is 11.3 Å². The van der Waals surface area contributed by atoms with Gasteiger partial charge in [-0.3, -0.25) is 0 Å². The van der Waals surface area contributed by atoms with Crippen molar-refractivity contribution in [3.05, 3.63) is 21.3 Å². The predicted molar refractivity (Wildman–Crippen MR) is 96.2 cm³/mol. The van der Waals surface area contributed by atoms with Crippen LogP contribution < -0.4 is 10.6 Å². The molecule has 1 aromatic heterocycles. The van der Waals surface area contributed by atoms with E-state index in [-0.39, 0.29) is 18.2 Å². The Kier molecular flexibility index (Phi) is 6.74. The van der Waals surface area contributed by atoms with Crippen LogP contribution in [0.3, 0.4) is 0 Å². The largest absolute Gasteiger partial charge is 0.444 e. The average Bonchev–Trinajstić information content (AvgIpc) is 2.72. The van der Waals surface area contributed by atoms with Crippen LogP contribution in [0.25, 0.3) is 0 Å². The van der Waals surface area contributed by atoms with Gasteiger partial charge in [0, 0.05) is 28.9 Å². The quantitative estimate of drug-likeness (QED) is 0.766. The van der Waals surface area contributed by atoms with Crippen molar-refractivity contribution in [1.82, 2.24) is 10.6 Å². The van der Waals surface area contributed by atoms with E-state index in [1.807, 2.05) is 32.2 Å². The number of halogens is 1. The molecule has 2 unspecified atom stereocenters. The zero-order valence-corrected chi connectivity index (χ0v) is 15.7. The summed E-state index contributed by atoms with van der Waals surface area (Å²) < 4.78 is 5.40. The van der Waals surface area contributed by atoms with Crippen LogP contribution >= 0.6 is 22.9 Å². The van der Waals surface area contributed by atoms with Gasteiger partial charge in [0.05, 0.1) is 5.02 Å². The van der Waals surface area contributed by atoms with Crippen LogP contribution in [0.1, 0.15) is 57.8 Å². The van der Waals surface area contributed by atoms with Gasteiger partial charge in [-0.2, -0.15) is 0 Å². The molecule has 2 atom stereocenters. The highest BCUT2D eigenvalue weighted by molar-refractivity contribution is 7.10. The molecule has 1 aliphatic rings. The smallest absolute Gasteiger partial charge is 0.407 e. The predicted octanol–water partition coefficient (Wildman–Crippen LogP) is 4.72. The molecule has 1 aromatic rings. The van der Waals surface area contributed by atoms with Crippen LogP contribution in [0.2, 0.25) is 5.02 Å². The number of carbonyl (C=O) groups is 1. The van der Waals surface area contributed by atoms with Crippen molar-refractivity contribution < 1.29 is 9.53 Å². The number of ether oxygens (including phenoxy) is 1. The highest BCUT2D eigenvalue weighted by Crippen LogP contribution is 2.22. The molecule has 4 nitrogen and oxygen atoms in total.